The highest BCUT2D eigenvalue weighted by molar-refractivity contribution is 6.58. The van der Waals surface area contributed by atoms with Gasteiger partial charge in [0.05, 0.1) is 7.11 Å². The third-order valence-corrected chi connectivity index (χ3v) is 3.54. The van der Waals surface area contributed by atoms with Crippen LogP contribution in [0, 0.1) is 0 Å². The summed E-state index contributed by atoms with van der Waals surface area (Å²) in [5, 5.41) is 0. The third kappa shape index (κ3) is 9.28. The van der Waals surface area contributed by atoms with E-state index in [1.165, 1.54) is 7.11 Å². The van der Waals surface area contributed by atoms with Gasteiger partial charge in [-0.15, -0.1) is 0 Å². The number of nitrogens with two attached hydrogens (primary N) is 1. The van der Waals surface area contributed by atoms with E-state index in [1.807, 2.05) is 6.55 Å². The first-order valence-corrected chi connectivity index (χ1v) is 5.67. The summed E-state index contributed by atoms with van der Waals surface area (Å²) >= 11 is 0. The molecule has 1 amide bonds. The zero-order chi connectivity index (χ0) is 10.9. The Morgan fingerprint density at radius 1 is 1.08 bits per heavy atom. The zero-order valence-electron chi connectivity index (χ0n) is 8.62. The van der Waals surface area contributed by atoms with E-state index in [9.17, 15) is 4.79 Å². The van der Waals surface area contributed by atoms with Crippen LogP contribution in [0.15, 0.2) is 0 Å². The Morgan fingerprint density at radius 2 is 1.31 bits per heavy atom. The molecule has 7 heteroatoms. The maximum Gasteiger partial charge on any atom is 0.496 e. The van der Waals surface area contributed by atoms with Crippen molar-refractivity contribution in [3.8, 4) is 0 Å². The quantitative estimate of drug-likeness (QED) is 0.675. The highest BCUT2D eigenvalue weighted by Crippen LogP contribution is 2.02. The lowest BCUT2D eigenvalue weighted by Crippen LogP contribution is -2.38. The first-order valence-electron chi connectivity index (χ1n) is 3.44. The molecule has 0 aliphatic heterocycles. The third-order valence-electron chi connectivity index (χ3n) is 1.31. The molecule has 0 aromatic carbocycles. The van der Waals surface area contributed by atoms with Gasteiger partial charge in [-0.3, -0.25) is 0 Å². The first kappa shape index (κ1) is 14.9. The average molecular weight is 211 g/mol. The Morgan fingerprint density at radius 3 is 1.31 bits per heavy atom. The van der Waals surface area contributed by atoms with Crippen molar-refractivity contribution in [2.45, 2.75) is 6.55 Å². The van der Waals surface area contributed by atoms with Crippen LogP contribution in [0.2, 0.25) is 6.55 Å². The van der Waals surface area contributed by atoms with Crippen LogP contribution in [0.4, 0.5) is 4.79 Å². The summed E-state index contributed by atoms with van der Waals surface area (Å²) in [5.74, 6) is 0. The normalized spacial score (nSPS) is 9.92. The Balaban J connectivity index is 0. The van der Waals surface area contributed by atoms with Crippen LogP contribution in [0.1, 0.15) is 0 Å². The molecule has 80 valence electrons. The Kier molecular flexibility index (Phi) is 9.14. The van der Waals surface area contributed by atoms with Crippen molar-refractivity contribution in [1.29, 1.82) is 0 Å². The molecular weight excluding hydrogens is 194 g/mol. The summed E-state index contributed by atoms with van der Waals surface area (Å²) in [5.41, 5.74) is 4.43. The highest BCUT2D eigenvalue weighted by atomic mass is 28.4. The van der Waals surface area contributed by atoms with E-state index in [1.54, 1.807) is 21.3 Å². The summed E-state index contributed by atoms with van der Waals surface area (Å²) in [7, 11) is 3.80. The fourth-order valence-electron chi connectivity index (χ4n) is 0.250. The molecule has 0 radical (unpaired) electrons. The van der Waals surface area contributed by atoms with Crippen LogP contribution in [0.3, 0.4) is 0 Å². The van der Waals surface area contributed by atoms with Crippen molar-refractivity contribution >= 4 is 14.9 Å². The van der Waals surface area contributed by atoms with E-state index in [0.717, 1.165) is 0 Å². The molecule has 0 atom stereocenters. The summed E-state index contributed by atoms with van der Waals surface area (Å²) in [6.07, 6.45) is -0.745. The Hall–Kier alpha value is -0.633. The molecule has 0 unspecified atom stereocenters. The number of carbonyl (C=O) groups is 1. The van der Waals surface area contributed by atoms with Gasteiger partial charge in [0, 0.05) is 27.9 Å². The smallest absolute Gasteiger partial charge is 0.453 e. The van der Waals surface area contributed by atoms with E-state index >= 15 is 0 Å². The van der Waals surface area contributed by atoms with Gasteiger partial charge in [-0.25, -0.2) is 4.79 Å². The standard InChI is InChI=1S/C4H12O3Si.C2H5NO2/c1-5-8(4,6-2)7-3;1-5-2(3)4/h1-4H3;1H3,(H2,3,4). The van der Waals surface area contributed by atoms with Gasteiger partial charge < -0.3 is 23.7 Å². The summed E-state index contributed by atoms with van der Waals surface area (Å²) in [6.45, 7) is 1.83. The molecule has 6 nitrogen and oxygen atoms in total. The Bertz CT molecular complexity index is 131. The van der Waals surface area contributed by atoms with Gasteiger partial charge in [0.15, 0.2) is 0 Å². The van der Waals surface area contributed by atoms with E-state index in [0.29, 0.717) is 0 Å². The van der Waals surface area contributed by atoms with Crippen LogP contribution in [-0.4, -0.2) is 43.3 Å². The van der Waals surface area contributed by atoms with E-state index in [4.69, 9.17) is 13.3 Å². The van der Waals surface area contributed by atoms with Crippen molar-refractivity contribution < 1.29 is 22.8 Å². The molecule has 0 rings (SSSR count). The van der Waals surface area contributed by atoms with Gasteiger partial charge in [0.25, 0.3) is 0 Å². The lowest BCUT2D eigenvalue weighted by atomic mass is 11.3. The van der Waals surface area contributed by atoms with Gasteiger partial charge >= 0.3 is 14.9 Å². The van der Waals surface area contributed by atoms with Crippen molar-refractivity contribution in [1.82, 2.24) is 0 Å². The molecular formula is C6H17NO5Si. The van der Waals surface area contributed by atoms with E-state index in [2.05, 4.69) is 10.5 Å². The zero-order valence-corrected chi connectivity index (χ0v) is 9.62. The van der Waals surface area contributed by atoms with Crippen molar-refractivity contribution in [2.75, 3.05) is 28.4 Å². The predicted octanol–water partition coefficient (Wildman–Crippen LogP) is 0.206. The maximum absolute atomic E-state index is 9.37. The second-order valence-corrected chi connectivity index (χ2v) is 4.95. The number of primary amides is 1. The largest absolute Gasteiger partial charge is 0.496 e. The lowest BCUT2D eigenvalue weighted by Gasteiger charge is -2.18. The monoisotopic (exact) mass is 211 g/mol. The number of hydrogen-bond donors (Lipinski definition) is 1. The van der Waals surface area contributed by atoms with E-state index < -0.39 is 14.9 Å². The fourth-order valence-corrected chi connectivity index (χ4v) is 0.750. The van der Waals surface area contributed by atoms with Crippen molar-refractivity contribution in [3.05, 3.63) is 0 Å². The number of amides is 1. The van der Waals surface area contributed by atoms with Crippen LogP contribution in [0.25, 0.3) is 0 Å². The van der Waals surface area contributed by atoms with Crippen molar-refractivity contribution in [3.63, 3.8) is 0 Å². The van der Waals surface area contributed by atoms with Gasteiger partial charge in [-0.1, -0.05) is 0 Å². The van der Waals surface area contributed by atoms with Gasteiger partial charge in [-0.2, -0.15) is 0 Å². The molecule has 2 N–H and O–H groups in total. The summed E-state index contributed by atoms with van der Waals surface area (Å²) < 4.78 is 18.7. The Labute approximate surface area is 79.3 Å². The molecule has 0 saturated carbocycles. The average Bonchev–Trinajstić information content (AvgIpc) is 2.17. The fraction of sp³-hybridized carbons (Fsp3) is 0.833. The SMILES string of the molecule is COC(N)=O.CO[Si](C)(OC)OC. The minimum atomic E-state index is -2.17. The molecule has 0 spiro atoms. The molecule has 0 aliphatic carbocycles. The molecule has 13 heavy (non-hydrogen) atoms. The van der Waals surface area contributed by atoms with E-state index in [-0.39, 0.29) is 0 Å². The molecule has 0 aromatic heterocycles. The van der Waals surface area contributed by atoms with Crippen LogP contribution in [0.5, 0.6) is 0 Å². The van der Waals surface area contributed by atoms with Crippen LogP contribution in [-0.2, 0) is 18.0 Å². The highest BCUT2D eigenvalue weighted by Gasteiger charge is 2.29. The molecule has 0 bridgehead atoms. The number of hydrogen-bond acceptors (Lipinski definition) is 5. The van der Waals surface area contributed by atoms with Gasteiger partial charge in [0.2, 0.25) is 0 Å². The summed E-state index contributed by atoms with van der Waals surface area (Å²) in [4.78, 5) is 9.37. The molecule has 0 aromatic rings. The minimum absolute atomic E-state index is 0.745. The van der Waals surface area contributed by atoms with Crippen LogP contribution >= 0.6 is 0 Å². The van der Waals surface area contributed by atoms with Gasteiger partial charge in [0.1, 0.15) is 0 Å². The second kappa shape index (κ2) is 7.99. The molecule has 0 aliphatic rings. The predicted molar refractivity (Wildman–Crippen MR) is 49.2 cm³/mol. The van der Waals surface area contributed by atoms with Crippen molar-refractivity contribution in [2.24, 2.45) is 5.73 Å². The topological polar surface area (TPSA) is 80.0 Å². The number of ether oxygens (including phenoxy) is 1. The van der Waals surface area contributed by atoms with Crippen LogP contribution < -0.4 is 5.73 Å². The summed E-state index contributed by atoms with van der Waals surface area (Å²) in [6, 6.07) is 0. The molecule has 0 saturated heterocycles. The molecule has 0 fully saturated rings. The first-order chi connectivity index (χ1) is 5.95. The minimum Gasteiger partial charge on any atom is -0.453 e. The number of methoxy groups -OCH3 is 1. The van der Waals surface area contributed by atoms with Gasteiger partial charge in [-0.05, 0) is 0 Å². The second-order valence-electron chi connectivity index (χ2n) is 2.00. The number of rotatable bonds is 3. The maximum atomic E-state index is 9.37. The lowest BCUT2D eigenvalue weighted by molar-refractivity contribution is 0.132. The molecule has 0 heterocycles. The number of carbonyl (C=O) groups excluding carboxylic acids is 1.